The van der Waals surface area contributed by atoms with Gasteiger partial charge in [0.15, 0.2) is 0 Å². The highest BCUT2D eigenvalue weighted by molar-refractivity contribution is 9.10. The number of rotatable bonds is 10. The van der Waals surface area contributed by atoms with Crippen LogP contribution in [0.3, 0.4) is 0 Å². The fourth-order valence-corrected chi connectivity index (χ4v) is 5.28. The van der Waals surface area contributed by atoms with Gasteiger partial charge >= 0.3 is 5.97 Å². The third kappa shape index (κ3) is 6.69. The Hall–Kier alpha value is -2.78. The number of methoxy groups -OCH3 is 1. The average Bonchev–Trinajstić information content (AvgIpc) is 3.72. The molecule has 4 aromatic rings. The number of ether oxygens (including phenoxy) is 2. The lowest BCUT2D eigenvalue weighted by molar-refractivity contribution is 0.0603. The molecule has 1 fully saturated rings. The van der Waals surface area contributed by atoms with E-state index in [1.807, 2.05) is 18.2 Å². The number of carbonyl (C=O) groups is 1. The largest absolute Gasteiger partial charge is 0.465 e. The van der Waals surface area contributed by atoms with E-state index in [9.17, 15) is 4.79 Å². The van der Waals surface area contributed by atoms with Gasteiger partial charge in [0.05, 0.1) is 34.8 Å². The number of pyridine rings is 2. The molecule has 0 N–H and O–H groups in total. The Balaban J connectivity index is 0.00000172. The molecule has 0 spiro atoms. The SMILES string of the molecule is C=C.COC(=O)c1ccc(Br)c2nc(CCCCOCc3c(-c4c(Cl)cncc4Cl)noc3C3CC3)ccc12. The van der Waals surface area contributed by atoms with E-state index in [2.05, 4.69) is 39.2 Å². The summed E-state index contributed by atoms with van der Waals surface area (Å²) in [6, 6.07) is 7.44. The number of aryl methyl sites for hydroxylation is 1. The van der Waals surface area contributed by atoms with Crippen LogP contribution >= 0.6 is 39.1 Å². The lowest BCUT2D eigenvalue weighted by Gasteiger charge is -2.09. The van der Waals surface area contributed by atoms with Crippen LogP contribution in [0.4, 0.5) is 0 Å². The molecular formula is C29H28BrCl2N3O4. The normalized spacial score (nSPS) is 12.7. The smallest absolute Gasteiger partial charge is 0.338 e. The second kappa shape index (κ2) is 13.5. The summed E-state index contributed by atoms with van der Waals surface area (Å²) < 4.78 is 17.5. The molecule has 1 saturated carbocycles. The van der Waals surface area contributed by atoms with Gasteiger partial charge in [0.25, 0.3) is 0 Å². The van der Waals surface area contributed by atoms with Gasteiger partial charge in [0, 0.05) is 51.6 Å². The van der Waals surface area contributed by atoms with Crippen LogP contribution in [-0.2, 0) is 22.5 Å². The Morgan fingerprint density at radius 2 is 1.87 bits per heavy atom. The molecule has 3 heterocycles. The van der Waals surface area contributed by atoms with Crippen LogP contribution in [0.15, 0.2) is 58.8 Å². The molecule has 0 radical (unpaired) electrons. The Morgan fingerprint density at radius 3 is 2.56 bits per heavy atom. The molecule has 0 unspecified atom stereocenters. The van der Waals surface area contributed by atoms with Crippen molar-refractivity contribution in [3.63, 3.8) is 0 Å². The fraction of sp³-hybridized carbons (Fsp3) is 0.310. The molecule has 10 heteroatoms. The maximum Gasteiger partial charge on any atom is 0.338 e. The number of benzene rings is 1. The summed E-state index contributed by atoms with van der Waals surface area (Å²) in [6.45, 7) is 6.95. The van der Waals surface area contributed by atoms with Gasteiger partial charge < -0.3 is 14.0 Å². The van der Waals surface area contributed by atoms with Gasteiger partial charge in [-0.05, 0) is 66.2 Å². The molecule has 5 rings (SSSR count). The van der Waals surface area contributed by atoms with Gasteiger partial charge in [-0.2, -0.15) is 0 Å². The van der Waals surface area contributed by atoms with Crippen molar-refractivity contribution in [3.8, 4) is 11.3 Å². The Labute approximate surface area is 245 Å². The van der Waals surface area contributed by atoms with Gasteiger partial charge in [-0.1, -0.05) is 34.4 Å². The maximum absolute atomic E-state index is 12.1. The zero-order chi connectivity index (χ0) is 27.9. The molecule has 39 heavy (non-hydrogen) atoms. The van der Waals surface area contributed by atoms with Crippen molar-refractivity contribution in [1.29, 1.82) is 0 Å². The molecule has 0 aliphatic heterocycles. The number of nitrogens with zero attached hydrogens (tertiary/aromatic N) is 3. The van der Waals surface area contributed by atoms with Gasteiger partial charge in [0.2, 0.25) is 0 Å². The summed E-state index contributed by atoms with van der Waals surface area (Å²) in [5, 5.41) is 5.91. The van der Waals surface area contributed by atoms with Crippen molar-refractivity contribution in [1.82, 2.24) is 15.1 Å². The topological polar surface area (TPSA) is 87.3 Å². The number of fused-ring (bicyclic) bond motifs is 1. The molecular weight excluding hydrogens is 605 g/mol. The third-order valence-corrected chi connectivity index (χ3v) is 7.56. The first-order valence-corrected chi connectivity index (χ1v) is 14.0. The van der Waals surface area contributed by atoms with Crippen LogP contribution in [0.5, 0.6) is 0 Å². The summed E-state index contributed by atoms with van der Waals surface area (Å²) in [6.07, 6.45) is 7.82. The Bertz CT molecular complexity index is 1450. The molecule has 0 atom stereocenters. The van der Waals surface area contributed by atoms with Crippen molar-refractivity contribution in [2.24, 2.45) is 0 Å². The quantitative estimate of drug-likeness (QED) is 0.0986. The van der Waals surface area contributed by atoms with Crippen molar-refractivity contribution >= 4 is 56.0 Å². The van der Waals surface area contributed by atoms with E-state index in [1.165, 1.54) is 7.11 Å². The van der Waals surface area contributed by atoms with Crippen LogP contribution < -0.4 is 0 Å². The van der Waals surface area contributed by atoms with E-state index in [1.54, 1.807) is 18.5 Å². The fourth-order valence-electron chi connectivity index (χ4n) is 4.30. The summed E-state index contributed by atoms with van der Waals surface area (Å²) >= 11 is 16.3. The molecule has 3 aromatic heterocycles. The number of esters is 1. The summed E-state index contributed by atoms with van der Waals surface area (Å²) in [7, 11) is 1.38. The minimum absolute atomic E-state index is 0.372. The van der Waals surface area contributed by atoms with Crippen LogP contribution in [0, 0.1) is 0 Å². The van der Waals surface area contributed by atoms with Crippen LogP contribution in [0.2, 0.25) is 10.0 Å². The first-order chi connectivity index (χ1) is 19.0. The highest BCUT2D eigenvalue weighted by atomic mass is 79.9. The first kappa shape index (κ1) is 29.2. The molecule has 0 bridgehead atoms. The Morgan fingerprint density at radius 1 is 1.13 bits per heavy atom. The van der Waals surface area contributed by atoms with Gasteiger partial charge in [-0.15, -0.1) is 13.2 Å². The molecule has 0 amide bonds. The van der Waals surface area contributed by atoms with E-state index in [0.717, 1.165) is 64.5 Å². The number of hydrogen-bond donors (Lipinski definition) is 0. The van der Waals surface area contributed by atoms with Crippen molar-refractivity contribution in [3.05, 3.63) is 86.9 Å². The molecule has 204 valence electrons. The third-order valence-electron chi connectivity index (χ3n) is 6.35. The number of carbonyl (C=O) groups excluding carboxylic acids is 1. The predicted molar refractivity (Wildman–Crippen MR) is 156 cm³/mol. The summed E-state index contributed by atoms with van der Waals surface area (Å²) in [5.41, 5.74) is 4.35. The average molecular weight is 633 g/mol. The van der Waals surface area contributed by atoms with E-state index < -0.39 is 0 Å². The lowest BCUT2D eigenvalue weighted by Crippen LogP contribution is -2.03. The van der Waals surface area contributed by atoms with Crippen molar-refractivity contribution in [2.75, 3.05) is 13.7 Å². The number of hydrogen-bond acceptors (Lipinski definition) is 7. The lowest BCUT2D eigenvalue weighted by atomic mass is 10.1. The predicted octanol–water partition coefficient (Wildman–Crippen LogP) is 8.36. The summed E-state index contributed by atoms with van der Waals surface area (Å²) in [4.78, 5) is 20.9. The zero-order valence-electron chi connectivity index (χ0n) is 21.5. The van der Waals surface area contributed by atoms with Crippen LogP contribution in [-0.4, -0.2) is 34.8 Å². The van der Waals surface area contributed by atoms with Crippen molar-refractivity contribution in [2.45, 2.75) is 44.6 Å². The minimum Gasteiger partial charge on any atom is -0.465 e. The molecule has 1 aliphatic rings. The van der Waals surface area contributed by atoms with E-state index in [0.29, 0.717) is 46.0 Å². The number of halogens is 3. The van der Waals surface area contributed by atoms with Crippen molar-refractivity contribution < 1.29 is 18.8 Å². The molecule has 0 saturated heterocycles. The molecule has 1 aromatic carbocycles. The minimum atomic E-state index is -0.376. The first-order valence-electron chi connectivity index (χ1n) is 12.5. The van der Waals surface area contributed by atoms with Gasteiger partial charge in [-0.3, -0.25) is 9.97 Å². The van der Waals surface area contributed by atoms with E-state index in [4.69, 9.17) is 42.2 Å². The molecule has 7 nitrogen and oxygen atoms in total. The number of unbranched alkanes of at least 4 members (excludes halogenated alkanes) is 1. The second-order valence-corrected chi connectivity index (χ2v) is 10.6. The summed E-state index contributed by atoms with van der Waals surface area (Å²) in [5.74, 6) is 0.854. The molecule has 1 aliphatic carbocycles. The van der Waals surface area contributed by atoms with Crippen LogP contribution in [0.25, 0.3) is 22.2 Å². The second-order valence-electron chi connectivity index (χ2n) is 8.92. The van der Waals surface area contributed by atoms with Crippen LogP contribution in [0.1, 0.15) is 59.0 Å². The van der Waals surface area contributed by atoms with E-state index >= 15 is 0 Å². The highest BCUT2D eigenvalue weighted by Crippen LogP contribution is 2.45. The van der Waals surface area contributed by atoms with Gasteiger partial charge in [-0.25, -0.2) is 4.79 Å². The monoisotopic (exact) mass is 631 g/mol. The van der Waals surface area contributed by atoms with Gasteiger partial charge in [0.1, 0.15) is 11.5 Å². The standard InChI is InChI=1S/C27H24BrCl2N3O4.C2H4/c1-35-27(34)18-9-10-20(28)24-17(18)8-7-16(32-24)4-2-3-11-36-14-19-25(33-37-26(19)15-5-6-15)23-21(29)12-31-13-22(23)30;1-2/h7-10,12-13,15H,2-6,11,14H2,1H3;1-2H2. The maximum atomic E-state index is 12.1. The Kier molecular flexibility index (Phi) is 10.1. The van der Waals surface area contributed by atoms with E-state index in [-0.39, 0.29) is 5.97 Å². The highest BCUT2D eigenvalue weighted by Gasteiger charge is 2.33. The zero-order valence-corrected chi connectivity index (χ0v) is 24.6. The number of aromatic nitrogens is 3.